The van der Waals surface area contributed by atoms with Gasteiger partial charge in [-0.2, -0.15) is 0 Å². The highest BCUT2D eigenvalue weighted by atomic mass is 35.5. The van der Waals surface area contributed by atoms with Crippen molar-refractivity contribution in [1.82, 2.24) is 5.32 Å². The van der Waals surface area contributed by atoms with Crippen molar-refractivity contribution in [1.29, 1.82) is 0 Å². The molecule has 0 amide bonds. The van der Waals surface area contributed by atoms with Crippen LogP contribution < -0.4 is 5.32 Å². The average Bonchev–Trinajstić information content (AvgIpc) is 2.56. The molecule has 0 atom stereocenters. The van der Waals surface area contributed by atoms with Gasteiger partial charge in [-0.3, -0.25) is 0 Å². The van der Waals surface area contributed by atoms with E-state index in [-0.39, 0.29) is 12.1 Å². The number of aliphatic hydroxyl groups is 1. The number of aliphatic hydroxyl groups excluding tert-OH is 1. The third-order valence-corrected chi connectivity index (χ3v) is 4.40. The lowest BCUT2D eigenvalue weighted by Gasteiger charge is -2.42. The van der Waals surface area contributed by atoms with Crippen LogP contribution in [0.3, 0.4) is 0 Å². The molecule has 0 saturated heterocycles. The maximum atomic E-state index is 9.01. The highest BCUT2D eigenvalue weighted by molar-refractivity contribution is 7.16. The second-order valence-electron chi connectivity index (χ2n) is 4.17. The molecule has 0 aromatic carbocycles. The number of halogens is 1. The maximum absolute atomic E-state index is 9.01. The molecule has 4 heteroatoms. The topological polar surface area (TPSA) is 32.3 Å². The summed E-state index contributed by atoms with van der Waals surface area (Å²) in [5.41, 5.74) is 0.200. The van der Waals surface area contributed by atoms with E-state index in [1.54, 1.807) is 11.3 Å². The molecule has 2 rings (SSSR count). The van der Waals surface area contributed by atoms with Gasteiger partial charge in [-0.1, -0.05) is 11.6 Å². The fourth-order valence-electron chi connectivity index (χ4n) is 2.05. The van der Waals surface area contributed by atoms with Gasteiger partial charge in [0.25, 0.3) is 0 Å². The first-order chi connectivity index (χ1) is 7.24. The fraction of sp³-hybridized carbons (Fsp3) is 0.636. The quantitative estimate of drug-likeness (QED) is 0.836. The summed E-state index contributed by atoms with van der Waals surface area (Å²) in [7, 11) is 0. The summed E-state index contributed by atoms with van der Waals surface area (Å²) in [4.78, 5) is 1.27. The molecule has 1 aliphatic carbocycles. The van der Waals surface area contributed by atoms with Crippen molar-refractivity contribution in [2.24, 2.45) is 0 Å². The molecule has 2 N–H and O–H groups in total. The van der Waals surface area contributed by atoms with Crippen LogP contribution in [-0.2, 0) is 6.54 Å². The van der Waals surface area contributed by atoms with Crippen molar-refractivity contribution >= 4 is 22.9 Å². The zero-order chi connectivity index (χ0) is 10.7. The molecule has 1 fully saturated rings. The Kier molecular flexibility index (Phi) is 3.67. The Hall–Kier alpha value is -0.0900. The van der Waals surface area contributed by atoms with E-state index in [1.807, 2.05) is 6.07 Å². The van der Waals surface area contributed by atoms with E-state index in [4.69, 9.17) is 16.7 Å². The predicted molar refractivity (Wildman–Crippen MR) is 64.5 cm³/mol. The van der Waals surface area contributed by atoms with E-state index >= 15 is 0 Å². The molecule has 0 bridgehead atoms. The van der Waals surface area contributed by atoms with Crippen LogP contribution in [0, 0.1) is 0 Å². The summed E-state index contributed by atoms with van der Waals surface area (Å²) >= 11 is 7.49. The Balaban J connectivity index is 1.86. The van der Waals surface area contributed by atoms with Gasteiger partial charge in [0.15, 0.2) is 0 Å². The Labute approximate surface area is 99.3 Å². The first kappa shape index (κ1) is 11.4. The number of hydrogen-bond acceptors (Lipinski definition) is 3. The maximum Gasteiger partial charge on any atom is 0.0931 e. The van der Waals surface area contributed by atoms with Crippen molar-refractivity contribution in [3.63, 3.8) is 0 Å². The highest BCUT2D eigenvalue weighted by Crippen LogP contribution is 2.35. The van der Waals surface area contributed by atoms with Crippen LogP contribution in [0.4, 0.5) is 0 Å². The molecule has 2 nitrogen and oxygen atoms in total. The summed E-state index contributed by atoms with van der Waals surface area (Å²) < 4.78 is 0.844. The van der Waals surface area contributed by atoms with Gasteiger partial charge in [-0.15, -0.1) is 11.3 Å². The summed E-state index contributed by atoms with van der Waals surface area (Å²) in [6.45, 7) is 1.15. The third-order valence-electron chi connectivity index (χ3n) is 3.17. The van der Waals surface area contributed by atoms with Gasteiger partial charge in [0.1, 0.15) is 0 Å². The van der Waals surface area contributed by atoms with Crippen LogP contribution in [0.1, 0.15) is 30.6 Å². The minimum atomic E-state index is 0.200. The molecular weight excluding hydrogens is 230 g/mol. The van der Waals surface area contributed by atoms with Gasteiger partial charge < -0.3 is 10.4 Å². The van der Waals surface area contributed by atoms with Crippen LogP contribution in [-0.4, -0.2) is 17.3 Å². The minimum absolute atomic E-state index is 0.200. The van der Waals surface area contributed by atoms with E-state index < -0.39 is 0 Å². The van der Waals surface area contributed by atoms with E-state index in [2.05, 4.69) is 11.4 Å². The molecule has 1 aromatic heterocycles. The Morgan fingerprint density at radius 2 is 2.27 bits per heavy atom. The number of thiophene rings is 1. The van der Waals surface area contributed by atoms with E-state index in [0.717, 1.165) is 17.3 Å². The van der Waals surface area contributed by atoms with Gasteiger partial charge >= 0.3 is 0 Å². The van der Waals surface area contributed by atoms with Crippen molar-refractivity contribution < 1.29 is 5.11 Å². The van der Waals surface area contributed by atoms with Crippen LogP contribution >= 0.6 is 22.9 Å². The second-order valence-corrected chi connectivity index (χ2v) is 5.97. The first-order valence-electron chi connectivity index (χ1n) is 5.34. The zero-order valence-corrected chi connectivity index (χ0v) is 10.2. The predicted octanol–water partition coefficient (Wildman–Crippen LogP) is 2.80. The lowest BCUT2D eigenvalue weighted by molar-refractivity contribution is 0.130. The number of nitrogens with one attached hydrogen (secondary N) is 1. The largest absolute Gasteiger partial charge is 0.396 e. The normalized spacial score (nSPS) is 18.8. The average molecular weight is 246 g/mol. The summed E-state index contributed by atoms with van der Waals surface area (Å²) in [6.07, 6.45) is 4.52. The van der Waals surface area contributed by atoms with E-state index in [9.17, 15) is 0 Å². The Bertz CT molecular complexity index is 322. The van der Waals surface area contributed by atoms with Crippen LogP contribution in [0.5, 0.6) is 0 Å². The Morgan fingerprint density at radius 1 is 1.47 bits per heavy atom. The minimum Gasteiger partial charge on any atom is -0.396 e. The first-order valence-corrected chi connectivity index (χ1v) is 6.54. The van der Waals surface area contributed by atoms with Gasteiger partial charge in [0, 0.05) is 23.6 Å². The van der Waals surface area contributed by atoms with Gasteiger partial charge in [-0.25, -0.2) is 0 Å². The lowest BCUT2D eigenvalue weighted by Crippen LogP contribution is -2.51. The second kappa shape index (κ2) is 4.83. The van der Waals surface area contributed by atoms with Crippen molar-refractivity contribution in [3.05, 3.63) is 21.3 Å². The standard InChI is InChI=1S/C11H16ClNOS/c12-10-3-2-9(15-10)8-13-11(6-7-14)4-1-5-11/h2-3,13-14H,1,4-8H2. The summed E-state index contributed by atoms with van der Waals surface area (Å²) in [6, 6.07) is 3.99. The highest BCUT2D eigenvalue weighted by Gasteiger charge is 2.35. The molecule has 15 heavy (non-hydrogen) atoms. The number of rotatable bonds is 5. The van der Waals surface area contributed by atoms with Gasteiger partial charge in [0.05, 0.1) is 4.34 Å². The third kappa shape index (κ3) is 2.72. The van der Waals surface area contributed by atoms with Crippen molar-refractivity contribution in [3.8, 4) is 0 Å². The molecule has 1 aromatic rings. The van der Waals surface area contributed by atoms with Crippen molar-refractivity contribution in [2.45, 2.75) is 37.8 Å². The Morgan fingerprint density at radius 3 is 2.73 bits per heavy atom. The fourth-order valence-corrected chi connectivity index (χ4v) is 3.08. The summed E-state index contributed by atoms with van der Waals surface area (Å²) in [5.74, 6) is 0. The molecule has 1 heterocycles. The molecule has 1 aliphatic rings. The lowest BCUT2D eigenvalue weighted by atomic mass is 9.74. The van der Waals surface area contributed by atoms with Crippen LogP contribution in [0.25, 0.3) is 0 Å². The van der Waals surface area contributed by atoms with E-state index in [0.29, 0.717) is 0 Å². The molecule has 0 spiro atoms. The molecule has 84 valence electrons. The molecular formula is C11H16ClNOS. The molecule has 1 saturated carbocycles. The van der Waals surface area contributed by atoms with Gasteiger partial charge in [-0.05, 0) is 37.8 Å². The SMILES string of the molecule is OCCC1(NCc2ccc(Cl)s2)CCC1. The molecule has 0 radical (unpaired) electrons. The van der Waals surface area contributed by atoms with Crippen LogP contribution in [0.15, 0.2) is 12.1 Å². The molecule has 0 unspecified atom stereocenters. The van der Waals surface area contributed by atoms with Gasteiger partial charge in [0.2, 0.25) is 0 Å². The zero-order valence-electron chi connectivity index (χ0n) is 8.63. The smallest absolute Gasteiger partial charge is 0.0931 e. The molecule has 0 aliphatic heterocycles. The monoisotopic (exact) mass is 245 g/mol. The van der Waals surface area contributed by atoms with Crippen molar-refractivity contribution in [2.75, 3.05) is 6.61 Å². The summed E-state index contributed by atoms with van der Waals surface area (Å²) in [5, 5.41) is 12.6. The number of hydrogen-bond donors (Lipinski definition) is 2. The van der Waals surface area contributed by atoms with E-state index in [1.165, 1.54) is 24.1 Å². The van der Waals surface area contributed by atoms with Crippen LogP contribution in [0.2, 0.25) is 4.34 Å².